The number of hydrogen-bond donors (Lipinski definition) is 2. The summed E-state index contributed by atoms with van der Waals surface area (Å²) in [4.78, 5) is 15.6. The number of halogens is 2. The van der Waals surface area contributed by atoms with Crippen molar-refractivity contribution in [3.8, 4) is 0 Å². The van der Waals surface area contributed by atoms with E-state index in [1.807, 2.05) is 0 Å². The molecule has 88 valence electrons. The molecule has 0 atom stereocenters. The van der Waals surface area contributed by atoms with Crippen LogP contribution in [0.2, 0.25) is 10.0 Å². The lowest BCUT2D eigenvalue weighted by Crippen LogP contribution is -2.14. The first-order valence-corrected chi connectivity index (χ1v) is 5.47. The van der Waals surface area contributed by atoms with Crippen molar-refractivity contribution >= 4 is 34.8 Å². The summed E-state index contributed by atoms with van der Waals surface area (Å²) < 4.78 is 0. The van der Waals surface area contributed by atoms with Gasteiger partial charge in [0.25, 0.3) is 5.91 Å². The van der Waals surface area contributed by atoms with Gasteiger partial charge in [-0.25, -0.2) is 4.98 Å². The number of H-pyrrole nitrogens is 1. The van der Waals surface area contributed by atoms with Gasteiger partial charge in [0.05, 0.1) is 10.7 Å². The van der Waals surface area contributed by atoms with Crippen molar-refractivity contribution in [2.45, 2.75) is 6.92 Å². The molecule has 1 amide bonds. The molecule has 0 bridgehead atoms. The number of aromatic amines is 1. The lowest BCUT2D eigenvalue weighted by molar-refractivity contribution is 0.101. The van der Waals surface area contributed by atoms with E-state index in [1.54, 1.807) is 25.1 Å². The zero-order chi connectivity index (χ0) is 12.4. The first-order valence-electron chi connectivity index (χ1n) is 4.71. The van der Waals surface area contributed by atoms with E-state index in [0.29, 0.717) is 21.6 Å². The number of amides is 1. The molecule has 2 aromatic rings. The molecule has 0 radical (unpaired) electrons. The molecule has 17 heavy (non-hydrogen) atoms. The number of anilines is 1. The van der Waals surface area contributed by atoms with Gasteiger partial charge in [-0.2, -0.15) is 0 Å². The first kappa shape index (κ1) is 11.9. The number of aryl methyl sites for hydroxylation is 1. The van der Waals surface area contributed by atoms with Gasteiger partial charge in [-0.15, -0.1) is 5.10 Å². The van der Waals surface area contributed by atoms with Crippen molar-refractivity contribution in [1.82, 2.24) is 15.2 Å². The average Bonchev–Trinajstić information content (AvgIpc) is 2.69. The molecule has 1 aromatic carbocycles. The highest BCUT2D eigenvalue weighted by Crippen LogP contribution is 2.25. The SMILES string of the molecule is Cc1nc(C(=O)Nc2ccc(Cl)cc2Cl)n[nH]1. The third kappa shape index (κ3) is 2.75. The standard InChI is InChI=1S/C10H8Cl2N4O/c1-5-13-9(16-15-5)10(17)14-8-3-2-6(11)4-7(8)12/h2-4H,1H3,(H,14,17)(H,13,15,16). The molecule has 1 heterocycles. The van der Waals surface area contributed by atoms with Gasteiger partial charge in [-0.05, 0) is 25.1 Å². The lowest BCUT2D eigenvalue weighted by atomic mass is 10.3. The third-order valence-corrected chi connectivity index (χ3v) is 2.53. The van der Waals surface area contributed by atoms with Crippen LogP contribution >= 0.6 is 23.2 Å². The lowest BCUT2D eigenvalue weighted by Gasteiger charge is -2.04. The van der Waals surface area contributed by atoms with Crippen LogP contribution in [0.25, 0.3) is 0 Å². The first-order chi connectivity index (χ1) is 8.06. The Balaban J connectivity index is 2.18. The molecule has 2 N–H and O–H groups in total. The topological polar surface area (TPSA) is 70.7 Å². The van der Waals surface area contributed by atoms with Crippen LogP contribution in [0.5, 0.6) is 0 Å². The Bertz CT molecular complexity index is 567. The summed E-state index contributed by atoms with van der Waals surface area (Å²) in [5, 5.41) is 9.78. The van der Waals surface area contributed by atoms with Crippen LogP contribution in [-0.2, 0) is 0 Å². The van der Waals surface area contributed by atoms with E-state index in [0.717, 1.165) is 0 Å². The molecule has 0 saturated heterocycles. The van der Waals surface area contributed by atoms with E-state index >= 15 is 0 Å². The van der Waals surface area contributed by atoms with Crippen LogP contribution in [0.15, 0.2) is 18.2 Å². The minimum absolute atomic E-state index is 0.0634. The summed E-state index contributed by atoms with van der Waals surface area (Å²) in [6, 6.07) is 4.79. The summed E-state index contributed by atoms with van der Waals surface area (Å²) in [6.07, 6.45) is 0. The van der Waals surface area contributed by atoms with Crippen LogP contribution in [-0.4, -0.2) is 21.1 Å². The summed E-state index contributed by atoms with van der Waals surface area (Å²) in [5.74, 6) is 0.199. The highest BCUT2D eigenvalue weighted by Gasteiger charge is 2.12. The number of carbonyl (C=O) groups is 1. The molecule has 1 aromatic heterocycles. The fourth-order valence-corrected chi connectivity index (χ4v) is 1.67. The van der Waals surface area contributed by atoms with Crippen LogP contribution in [0.3, 0.4) is 0 Å². The third-order valence-electron chi connectivity index (χ3n) is 1.98. The number of rotatable bonds is 2. The Kier molecular flexibility index (Phi) is 3.31. The van der Waals surface area contributed by atoms with Gasteiger partial charge < -0.3 is 5.32 Å². The molecule has 7 heteroatoms. The van der Waals surface area contributed by atoms with Crippen molar-refractivity contribution in [2.24, 2.45) is 0 Å². The molecule has 0 unspecified atom stereocenters. The Morgan fingerprint density at radius 1 is 1.41 bits per heavy atom. The van der Waals surface area contributed by atoms with E-state index in [9.17, 15) is 4.79 Å². The van der Waals surface area contributed by atoms with Crippen molar-refractivity contribution in [3.05, 3.63) is 39.9 Å². The van der Waals surface area contributed by atoms with E-state index in [4.69, 9.17) is 23.2 Å². The molecular weight excluding hydrogens is 263 g/mol. The number of nitrogens with one attached hydrogen (secondary N) is 2. The Morgan fingerprint density at radius 3 is 2.76 bits per heavy atom. The zero-order valence-electron chi connectivity index (χ0n) is 8.79. The molecular formula is C10H8Cl2N4O. The van der Waals surface area contributed by atoms with Crippen molar-refractivity contribution in [1.29, 1.82) is 0 Å². The van der Waals surface area contributed by atoms with E-state index in [1.165, 1.54) is 0 Å². The van der Waals surface area contributed by atoms with E-state index in [-0.39, 0.29) is 5.82 Å². The van der Waals surface area contributed by atoms with Gasteiger partial charge in [0.15, 0.2) is 0 Å². The second-order valence-corrected chi connectivity index (χ2v) is 4.17. The number of benzene rings is 1. The van der Waals surface area contributed by atoms with Crippen LogP contribution in [0.1, 0.15) is 16.4 Å². The van der Waals surface area contributed by atoms with Gasteiger partial charge in [-0.3, -0.25) is 9.89 Å². The van der Waals surface area contributed by atoms with Crippen LogP contribution < -0.4 is 5.32 Å². The molecule has 0 aliphatic heterocycles. The van der Waals surface area contributed by atoms with Gasteiger partial charge in [0, 0.05) is 5.02 Å². The summed E-state index contributed by atoms with van der Waals surface area (Å²) >= 11 is 11.7. The monoisotopic (exact) mass is 270 g/mol. The van der Waals surface area contributed by atoms with Crippen molar-refractivity contribution in [2.75, 3.05) is 5.32 Å². The normalized spacial score (nSPS) is 10.3. The maximum Gasteiger partial charge on any atom is 0.295 e. The fraction of sp³-hybridized carbons (Fsp3) is 0.100. The minimum atomic E-state index is -0.432. The maximum absolute atomic E-state index is 11.7. The van der Waals surface area contributed by atoms with Crippen LogP contribution in [0, 0.1) is 6.92 Å². The van der Waals surface area contributed by atoms with E-state index < -0.39 is 5.91 Å². The molecule has 0 spiro atoms. The average molecular weight is 271 g/mol. The maximum atomic E-state index is 11.7. The Hall–Kier alpha value is -1.59. The van der Waals surface area contributed by atoms with Gasteiger partial charge >= 0.3 is 0 Å². The predicted molar refractivity (Wildman–Crippen MR) is 65.5 cm³/mol. The van der Waals surface area contributed by atoms with Crippen molar-refractivity contribution < 1.29 is 4.79 Å². The molecule has 2 rings (SSSR count). The Labute approximate surface area is 107 Å². The largest absolute Gasteiger partial charge is 0.318 e. The smallest absolute Gasteiger partial charge is 0.295 e. The van der Waals surface area contributed by atoms with Gasteiger partial charge in [0.1, 0.15) is 5.82 Å². The van der Waals surface area contributed by atoms with Crippen LogP contribution in [0.4, 0.5) is 5.69 Å². The predicted octanol–water partition coefficient (Wildman–Crippen LogP) is 2.67. The second kappa shape index (κ2) is 4.73. The highest BCUT2D eigenvalue weighted by molar-refractivity contribution is 6.36. The molecule has 5 nitrogen and oxygen atoms in total. The molecule has 0 aliphatic carbocycles. The number of carbonyl (C=O) groups excluding carboxylic acids is 1. The number of hydrogen-bond acceptors (Lipinski definition) is 3. The second-order valence-electron chi connectivity index (χ2n) is 3.32. The summed E-state index contributed by atoms with van der Waals surface area (Å²) in [6.45, 7) is 1.71. The fourth-order valence-electron chi connectivity index (χ4n) is 1.21. The molecule has 0 aliphatic rings. The summed E-state index contributed by atoms with van der Waals surface area (Å²) in [5.41, 5.74) is 0.462. The van der Waals surface area contributed by atoms with Gasteiger partial charge in [0.2, 0.25) is 5.82 Å². The number of aromatic nitrogens is 3. The summed E-state index contributed by atoms with van der Waals surface area (Å²) in [7, 11) is 0. The molecule has 0 fully saturated rings. The quantitative estimate of drug-likeness (QED) is 0.882. The number of nitrogens with zero attached hydrogens (tertiary/aromatic N) is 2. The zero-order valence-corrected chi connectivity index (χ0v) is 10.3. The molecule has 0 saturated carbocycles. The minimum Gasteiger partial charge on any atom is -0.318 e. The highest BCUT2D eigenvalue weighted by atomic mass is 35.5. The van der Waals surface area contributed by atoms with Gasteiger partial charge in [-0.1, -0.05) is 23.2 Å². The van der Waals surface area contributed by atoms with E-state index in [2.05, 4.69) is 20.5 Å². The Morgan fingerprint density at radius 2 is 2.18 bits per heavy atom. The van der Waals surface area contributed by atoms with Crippen molar-refractivity contribution in [3.63, 3.8) is 0 Å².